The average Bonchev–Trinajstić information content (AvgIpc) is 2.37. The monoisotopic (exact) mass is 288 g/mol. The normalized spacial score (nSPS) is 17.7. The Morgan fingerprint density at radius 1 is 1.32 bits per heavy atom. The first kappa shape index (κ1) is 14.7. The zero-order valence-electron chi connectivity index (χ0n) is 11.1. The number of benzene rings is 1. The molecule has 1 heterocycles. The molecule has 1 aliphatic heterocycles. The number of nitrogens with one attached hydrogen (secondary N) is 1. The van der Waals surface area contributed by atoms with Gasteiger partial charge >= 0.3 is 0 Å². The van der Waals surface area contributed by atoms with Gasteiger partial charge in [-0.05, 0) is 18.1 Å². The van der Waals surface area contributed by atoms with Crippen LogP contribution in [0.3, 0.4) is 0 Å². The molecule has 106 valence electrons. The van der Waals surface area contributed by atoms with E-state index in [2.05, 4.69) is 10.2 Å². The standard InChI is InChI=1S/C14H19ClF2N2/c1-14(16,17)12-3-2-11(13(15)10-12)4-7-19-8-5-18-6-9-19/h2-3,10,18H,4-9H2,1H3. The minimum Gasteiger partial charge on any atom is -0.314 e. The van der Waals surface area contributed by atoms with E-state index in [-0.39, 0.29) is 5.56 Å². The summed E-state index contributed by atoms with van der Waals surface area (Å²) in [7, 11) is 0. The van der Waals surface area contributed by atoms with Crippen molar-refractivity contribution >= 4 is 11.6 Å². The van der Waals surface area contributed by atoms with Crippen molar-refractivity contribution < 1.29 is 8.78 Å². The molecule has 0 saturated carbocycles. The molecule has 1 fully saturated rings. The highest BCUT2D eigenvalue weighted by Gasteiger charge is 2.24. The van der Waals surface area contributed by atoms with Crippen LogP contribution in [0, 0.1) is 0 Å². The van der Waals surface area contributed by atoms with E-state index in [1.165, 1.54) is 12.1 Å². The summed E-state index contributed by atoms with van der Waals surface area (Å²) in [5, 5.41) is 3.74. The Balaban J connectivity index is 1.97. The molecule has 2 nitrogen and oxygen atoms in total. The summed E-state index contributed by atoms with van der Waals surface area (Å²) in [6.07, 6.45) is 0.800. The summed E-state index contributed by atoms with van der Waals surface area (Å²) in [6.45, 7) is 5.89. The molecule has 0 aliphatic carbocycles. The third-order valence-electron chi connectivity index (χ3n) is 3.47. The van der Waals surface area contributed by atoms with Gasteiger partial charge in [0, 0.05) is 50.2 Å². The molecule has 2 rings (SSSR count). The second-order valence-electron chi connectivity index (χ2n) is 5.04. The maximum atomic E-state index is 13.2. The molecule has 0 aromatic heterocycles. The van der Waals surface area contributed by atoms with Crippen LogP contribution in [0.4, 0.5) is 8.78 Å². The van der Waals surface area contributed by atoms with Crippen LogP contribution in [0.5, 0.6) is 0 Å². The van der Waals surface area contributed by atoms with Crippen molar-refractivity contribution in [2.24, 2.45) is 0 Å². The first-order valence-electron chi connectivity index (χ1n) is 6.56. The van der Waals surface area contributed by atoms with Crippen molar-refractivity contribution in [3.63, 3.8) is 0 Å². The van der Waals surface area contributed by atoms with E-state index in [0.29, 0.717) is 5.02 Å². The minimum absolute atomic E-state index is 0.0246. The smallest absolute Gasteiger partial charge is 0.270 e. The average molecular weight is 289 g/mol. The molecule has 0 spiro atoms. The molecule has 1 saturated heterocycles. The molecule has 5 heteroatoms. The fraction of sp³-hybridized carbons (Fsp3) is 0.571. The van der Waals surface area contributed by atoms with Crippen LogP contribution >= 0.6 is 11.6 Å². The van der Waals surface area contributed by atoms with Crippen LogP contribution in [0.2, 0.25) is 5.02 Å². The van der Waals surface area contributed by atoms with Gasteiger partial charge in [0.25, 0.3) is 5.92 Å². The highest BCUT2D eigenvalue weighted by atomic mass is 35.5. The van der Waals surface area contributed by atoms with Gasteiger partial charge in [0.2, 0.25) is 0 Å². The lowest BCUT2D eigenvalue weighted by molar-refractivity contribution is 0.0174. The third kappa shape index (κ3) is 4.13. The van der Waals surface area contributed by atoms with E-state index in [9.17, 15) is 8.78 Å². The molecule has 0 atom stereocenters. The van der Waals surface area contributed by atoms with E-state index in [0.717, 1.165) is 51.6 Å². The maximum absolute atomic E-state index is 13.2. The predicted molar refractivity (Wildman–Crippen MR) is 74.0 cm³/mol. The lowest BCUT2D eigenvalue weighted by Gasteiger charge is -2.27. The second-order valence-corrected chi connectivity index (χ2v) is 5.44. The number of rotatable bonds is 4. The Kier molecular flexibility index (Phi) is 4.76. The second kappa shape index (κ2) is 6.16. The van der Waals surface area contributed by atoms with Crippen molar-refractivity contribution in [1.82, 2.24) is 10.2 Å². The Labute approximate surface area is 117 Å². The zero-order valence-corrected chi connectivity index (χ0v) is 11.8. The quantitative estimate of drug-likeness (QED) is 0.916. The van der Waals surface area contributed by atoms with Crippen molar-refractivity contribution in [3.8, 4) is 0 Å². The topological polar surface area (TPSA) is 15.3 Å². The summed E-state index contributed by atoms with van der Waals surface area (Å²) in [6, 6.07) is 4.57. The number of alkyl halides is 2. The number of hydrogen-bond acceptors (Lipinski definition) is 2. The summed E-state index contributed by atoms with van der Waals surface area (Å²) in [4.78, 5) is 2.36. The first-order valence-corrected chi connectivity index (χ1v) is 6.94. The van der Waals surface area contributed by atoms with Crippen LogP contribution in [0.15, 0.2) is 18.2 Å². The summed E-state index contributed by atoms with van der Waals surface area (Å²) in [5.74, 6) is -2.83. The van der Waals surface area contributed by atoms with Gasteiger partial charge in [0.1, 0.15) is 0 Å². The molecule has 0 amide bonds. The van der Waals surface area contributed by atoms with Crippen molar-refractivity contribution in [1.29, 1.82) is 0 Å². The first-order chi connectivity index (χ1) is 8.97. The van der Waals surface area contributed by atoms with E-state index in [4.69, 9.17) is 11.6 Å². The Morgan fingerprint density at radius 2 is 2.00 bits per heavy atom. The summed E-state index contributed by atoms with van der Waals surface area (Å²) < 4.78 is 26.3. The number of hydrogen-bond donors (Lipinski definition) is 1. The largest absolute Gasteiger partial charge is 0.314 e. The SMILES string of the molecule is CC(F)(F)c1ccc(CCN2CCNCC2)c(Cl)c1. The van der Waals surface area contributed by atoms with Gasteiger partial charge in [0.15, 0.2) is 0 Å². The van der Waals surface area contributed by atoms with E-state index < -0.39 is 5.92 Å². The summed E-state index contributed by atoms with van der Waals surface area (Å²) in [5.41, 5.74) is 0.914. The highest BCUT2D eigenvalue weighted by molar-refractivity contribution is 6.31. The van der Waals surface area contributed by atoms with Gasteiger partial charge < -0.3 is 10.2 Å². The van der Waals surface area contributed by atoms with Crippen molar-refractivity contribution in [3.05, 3.63) is 34.3 Å². The van der Waals surface area contributed by atoms with Gasteiger partial charge in [-0.15, -0.1) is 0 Å². The molecule has 1 aromatic rings. The zero-order chi connectivity index (χ0) is 13.9. The van der Waals surface area contributed by atoms with Crippen LogP contribution in [0.25, 0.3) is 0 Å². The molecule has 0 bridgehead atoms. The Hall–Kier alpha value is -0.710. The fourth-order valence-corrected chi connectivity index (χ4v) is 2.51. The van der Waals surface area contributed by atoms with E-state index in [1.807, 2.05) is 0 Å². The lowest BCUT2D eigenvalue weighted by atomic mass is 10.1. The molecule has 1 N–H and O–H groups in total. The maximum Gasteiger partial charge on any atom is 0.270 e. The number of nitrogens with zero attached hydrogens (tertiary/aromatic N) is 1. The van der Waals surface area contributed by atoms with Gasteiger partial charge in [-0.2, -0.15) is 0 Å². The highest BCUT2D eigenvalue weighted by Crippen LogP contribution is 2.30. The van der Waals surface area contributed by atoms with Gasteiger partial charge in [-0.25, -0.2) is 8.78 Å². The lowest BCUT2D eigenvalue weighted by Crippen LogP contribution is -2.44. The van der Waals surface area contributed by atoms with Crippen molar-refractivity contribution in [2.75, 3.05) is 32.7 Å². The van der Waals surface area contributed by atoms with E-state index in [1.54, 1.807) is 6.07 Å². The molecule has 0 radical (unpaired) electrons. The Bertz CT molecular complexity index is 426. The molecule has 0 unspecified atom stereocenters. The van der Waals surface area contributed by atoms with Gasteiger partial charge in [-0.1, -0.05) is 23.7 Å². The van der Waals surface area contributed by atoms with Crippen LogP contribution in [0.1, 0.15) is 18.1 Å². The van der Waals surface area contributed by atoms with Crippen LogP contribution in [-0.4, -0.2) is 37.6 Å². The number of piperazine rings is 1. The fourth-order valence-electron chi connectivity index (χ4n) is 2.24. The molecule has 19 heavy (non-hydrogen) atoms. The van der Waals surface area contributed by atoms with Crippen LogP contribution in [-0.2, 0) is 12.3 Å². The third-order valence-corrected chi connectivity index (χ3v) is 3.82. The Morgan fingerprint density at radius 3 is 2.58 bits per heavy atom. The van der Waals surface area contributed by atoms with Crippen LogP contribution < -0.4 is 5.32 Å². The predicted octanol–water partition coefficient (Wildman–Crippen LogP) is 2.90. The van der Waals surface area contributed by atoms with Crippen molar-refractivity contribution in [2.45, 2.75) is 19.3 Å². The molecule has 1 aromatic carbocycles. The molecule has 1 aliphatic rings. The summed E-state index contributed by atoms with van der Waals surface area (Å²) >= 11 is 6.09. The number of halogens is 3. The van der Waals surface area contributed by atoms with Gasteiger partial charge in [0.05, 0.1) is 0 Å². The minimum atomic E-state index is -2.83. The van der Waals surface area contributed by atoms with E-state index >= 15 is 0 Å². The molecular formula is C14H19ClF2N2. The molecular weight excluding hydrogens is 270 g/mol. The van der Waals surface area contributed by atoms with Gasteiger partial charge in [-0.3, -0.25) is 0 Å².